The van der Waals surface area contributed by atoms with Crippen LogP contribution in [0.2, 0.25) is 0 Å². The number of allylic oxidation sites excluding steroid dienone is 1. The molecule has 1 aromatic carbocycles. The molecule has 1 unspecified atom stereocenters. The average Bonchev–Trinajstić information content (AvgIpc) is 2.74. The molecular formula is C25H36N2O2. The smallest absolute Gasteiger partial charge is 0.247 e. The first-order valence-electron chi connectivity index (χ1n) is 11.2. The molecule has 0 saturated carbocycles. The Morgan fingerprint density at radius 1 is 0.966 bits per heavy atom. The van der Waals surface area contributed by atoms with Gasteiger partial charge in [0.15, 0.2) is 5.78 Å². The van der Waals surface area contributed by atoms with Gasteiger partial charge in [-0.3, -0.25) is 9.59 Å². The van der Waals surface area contributed by atoms with Crippen molar-refractivity contribution in [1.29, 1.82) is 0 Å². The van der Waals surface area contributed by atoms with Crippen LogP contribution in [0.3, 0.4) is 0 Å². The summed E-state index contributed by atoms with van der Waals surface area (Å²) in [5.74, 6) is -1.26. The van der Waals surface area contributed by atoms with Crippen LogP contribution in [-0.4, -0.2) is 11.7 Å². The first-order valence-corrected chi connectivity index (χ1v) is 11.2. The van der Waals surface area contributed by atoms with Gasteiger partial charge in [-0.05, 0) is 30.7 Å². The number of ketones is 1. The maximum atomic E-state index is 12.9. The highest BCUT2D eigenvalue weighted by Gasteiger charge is 2.26. The highest BCUT2D eigenvalue weighted by molar-refractivity contribution is 6.07. The van der Waals surface area contributed by atoms with E-state index >= 15 is 0 Å². The lowest BCUT2D eigenvalue weighted by Crippen LogP contribution is -2.28. The number of benzene rings is 1. The number of unbranched alkanes of at least 4 members (excludes halogenated alkanes) is 9. The largest absolute Gasteiger partial charge is 0.367 e. The molecule has 2 rings (SSSR count). The number of hydrogen-bond donors (Lipinski definition) is 2. The molecule has 0 saturated heterocycles. The number of rotatable bonds is 14. The summed E-state index contributed by atoms with van der Waals surface area (Å²) >= 11 is 0. The number of hydrogen-bond acceptors (Lipinski definition) is 3. The minimum atomic E-state index is -0.610. The summed E-state index contributed by atoms with van der Waals surface area (Å²) in [5.41, 5.74) is 7.54. The van der Waals surface area contributed by atoms with Gasteiger partial charge in [0.05, 0.1) is 5.92 Å². The molecule has 1 amide bonds. The molecule has 1 atom stereocenters. The number of carbonyl (C=O) groups is 2. The highest BCUT2D eigenvalue weighted by atomic mass is 16.1. The summed E-state index contributed by atoms with van der Waals surface area (Å²) < 4.78 is 0. The minimum Gasteiger partial charge on any atom is -0.367 e. The van der Waals surface area contributed by atoms with E-state index in [0.717, 1.165) is 12.8 Å². The van der Waals surface area contributed by atoms with Crippen LogP contribution in [0.1, 0.15) is 87.1 Å². The van der Waals surface area contributed by atoms with Crippen molar-refractivity contribution in [2.24, 2.45) is 11.7 Å². The SMILES string of the molecule is CCCCCCCCCCCCc1cccc(C(=O)C2C=CNC=C2C(N)=O)c1. The van der Waals surface area contributed by atoms with E-state index in [1.165, 1.54) is 69.6 Å². The van der Waals surface area contributed by atoms with Crippen LogP contribution in [0.15, 0.2) is 48.3 Å². The first kappa shape index (κ1) is 22.9. The van der Waals surface area contributed by atoms with Crippen molar-refractivity contribution in [3.63, 3.8) is 0 Å². The number of Topliss-reactive ketones (excluding diaryl/α,β-unsaturated/α-hetero) is 1. The lowest BCUT2D eigenvalue weighted by molar-refractivity contribution is -0.114. The van der Waals surface area contributed by atoms with E-state index < -0.39 is 11.8 Å². The van der Waals surface area contributed by atoms with Gasteiger partial charge in [-0.15, -0.1) is 0 Å². The van der Waals surface area contributed by atoms with E-state index in [0.29, 0.717) is 11.1 Å². The Labute approximate surface area is 175 Å². The molecule has 4 nitrogen and oxygen atoms in total. The number of nitrogens with two attached hydrogens (primary N) is 1. The van der Waals surface area contributed by atoms with Crippen molar-refractivity contribution in [1.82, 2.24) is 5.32 Å². The van der Waals surface area contributed by atoms with Gasteiger partial charge in [0.1, 0.15) is 0 Å². The van der Waals surface area contributed by atoms with Crippen LogP contribution in [0.5, 0.6) is 0 Å². The van der Waals surface area contributed by atoms with Crippen LogP contribution < -0.4 is 11.1 Å². The van der Waals surface area contributed by atoms with Gasteiger partial charge in [-0.2, -0.15) is 0 Å². The number of dihydropyridines is 1. The molecule has 0 aromatic heterocycles. The number of carbonyl (C=O) groups excluding carboxylic acids is 2. The van der Waals surface area contributed by atoms with Crippen molar-refractivity contribution in [2.75, 3.05) is 0 Å². The van der Waals surface area contributed by atoms with Crippen molar-refractivity contribution < 1.29 is 9.59 Å². The summed E-state index contributed by atoms with van der Waals surface area (Å²) in [4.78, 5) is 24.5. The number of primary amides is 1. The van der Waals surface area contributed by atoms with E-state index in [9.17, 15) is 9.59 Å². The van der Waals surface area contributed by atoms with Gasteiger partial charge in [-0.25, -0.2) is 0 Å². The summed E-state index contributed by atoms with van der Waals surface area (Å²) in [6.45, 7) is 2.26. The molecule has 0 radical (unpaired) electrons. The van der Waals surface area contributed by atoms with Gasteiger partial charge >= 0.3 is 0 Å². The van der Waals surface area contributed by atoms with Gasteiger partial charge < -0.3 is 11.1 Å². The zero-order valence-corrected chi connectivity index (χ0v) is 17.8. The summed E-state index contributed by atoms with van der Waals surface area (Å²) in [7, 11) is 0. The third-order valence-corrected chi connectivity index (χ3v) is 5.56. The Bertz CT molecular complexity index is 721. The van der Waals surface area contributed by atoms with Crippen LogP contribution in [0.25, 0.3) is 0 Å². The average molecular weight is 397 g/mol. The van der Waals surface area contributed by atoms with Crippen LogP contribution in [0, 0.1) is 5.92 Å². The van der Waals surface area contributed by atoms with Gasteiger partial charge in [0.25, 0.3) is 0 Å². The fourth-order valence-electron chi connectivity index (χ4n) is 3.81. The highest BCUT2D eigenvalue weighted by Crippen LogP contribution is 2.22. The Morgan fingerprint density at radius 3 is 2.28 bits per heavy atom. The quantitative estimate of drug-likeness (QED) is 0.325. The van der Waals surface area contributed by atoms with Crippen molar-refractivity contribution in [2.45, 2.75) is 77.6 Å². The molecule has 0 bridgehead atoms. The molecule has 29 heavy (non-hydrogen) atoms. The van der Waals surface area contributed by atoms with Crippen molar-refractivity contribution >= 4 is 11.7 Å². The maximum Gasteiger partial charge on any atom is 0.247 e. The Morgan fingerprint density at radius 2 is 1.62 bits per heavy atom. The van der Waals surface area contributed by atoms with E-state index in [1.54, 1.807) is 12.3 Å². The second-order valence-electron chi connectivity index (χ2n) is 7.96. The van der Waals surface area contributed by atoms with Gasteiger partial charge in [0.2, 0.25) is 5.91 Å². The van der Waals surface area contributed by atoms with E-state index in [1.807, 2.05) is 18.2 Å². The predicted molar refractivity (Wildman–Crippen MR) is 119 cm³/mol. The molecule has 0 fully saturated rings. The maximum absolute atomic E-state index is 12.9. The first-order chi connectivity index (χ1) is 14.1. The fraction of sp³-hybridized carbons (Fsp3) is 0.520. The summed E-state index contributed by atoms with van der Waals surface area (Å²) in [6, 6.07) is 7.79. The Balaban J connectivity index is 1.74. The van der Waals surface area contributed by atoms with Gasteiger partial charge in [0, 0.05) is 17.3 Å². The second-order valence-corrected chi connectivity index (χ2v) is 7.96. The summed E-state index contributed by atoms with van der Waals surface area (Å²) in [5, 5.41) is 2.83. The van der Waals surface area contributed by atoms with Crippen LogP contribution in [-0.2, 0) is 11.2 Å². The standard InChI is InChI=1S/C25H36N2O2/c1-2-3-4-5-6-7-8-9-10-11-13-20-14-12-15-21(18-20)24(28)22-16-17-27-19-23(22)25(26)29/h12,14-19,22,27H,2-11,13H2,1H3,(H2,26,29). The lowest BCUT2D eigenvalue weighted by Gasteiger charge is -2.17. The third-order valence-electron chi connectivity index (χ3n) is 5.56. The molecule has 158 valence electrons. The molecular weight excluding hydrogens is 360 g/mol. The summed E-state index contributed by atoms with van der Waals surface area (Å²) in [6.07, 6.45) is 19.0. The molecule has 1 heterocycles. The molecule has 0 aliphatic carbocycles. The molecule has 1 aliphatic heterocycles. The minimum absolute atomic E-state index is 0.0854. The van der Waals surface area contributed by atoms with E-state index in [-0.39, 0.29) is 5.78 Å². The number of nitrogens with one attached hydrogen (secondary N) is 1. The van der Waals surface area contributed by atoms with Crippen LogP contribution in [0.4, 0.5) is 0 Å². The number of aryl methyl sites for hydroxylation is 1. The Hall–Kier alpha value is -2.36. The Kier molecular flexibility index (Phi) is 10.3. The molecule has 1 aromatic rings. The zero-order valence-electron chi connectivity index (χ0n) is 17.8. The lowest BCUT2D eigenvalue weighted by atomic mass is 9.88. The normalized spacial score (nSPS) is 15.6. The fourth-order valence-corrected chi connectivity index (χ4v) is 3.81. The topological polar surface area (TPSA) is 72.2 Å². The van der Waals surface area contributed by atoms with Crippen molar-refractivity contribution in [3.8, 4) is 0 Å². The second kappa shape index (κ2) is 13.0. The van der Waals surface area contributed by atoms with Gasteiger partial charge in [-0.1, -0.05) is 89.0 Å². The molecule has 1 aliphatic rings. The van der Waals surface area contributed by atoms with Crippen molar-refractivity contribution in [3.05, 3.63) is 59.4 Å². The monoisotopic (exact) mass is 396 g/mol. The molecule has 4 heteroatoms. The zero-order chi connectivity index (χ0) is 20.9. The third kappa shape index (κ3) is 7.88. The van der Waals surface area contributed by atoms with Crippen LogP contribution >= 0.6 is 0 Å². The van der Waals surface area contributed by atoms with E-state index in [2.05, 4.69) is 18.3 Å². The molecule has 3 N–H and O–H groups in total. The van der Waals surface area contributed by atoms with E-state index in [4.69, 9.17) is 5.73 Å². The number of amides is 1. The predicted octanol–water partition coefficient (Wildman–Crippen LogP) is 5.44. The molecule has 0 spiro atoms.